The van der Waals surface area contributed by atoms with Crippen molar-refractivity contribution in [1.29, 1.82) is 0 Å². The normalized spacial score (nSPS) is 12.7. The fourth-order valence-electron chi connectivity index (χ4n) is 1.80. The molecule has 0 aliphatic rings. The number of amides is 1. The predicted molar refractivity (Wildman–Crippen MR) is 78.8 cm³/mol. The SMILES string of the molecule is COc1cc(F)c(F)cc1CC(N)CNC(=O)OC(C)(C)C. The summed E-state index contributed by atoms with van der Waals surface area (Å²) in [4.78, 5) is 11.5. The van der Waals surface area contributed by atoms with Crippen LogP contribution < -0.4 is 15.8 Å². The van der Waals surface area contributed by atoms with Gasteiger partial charge in [0.1, 0.15) is 11.4 Å². The molecule has 3 N–H and O–H groups in total. The number of methoxy groups -OCH3 is 1. The first kappa shape index (κ1) is 18.2. The van der Waals surface area contributed by atoms with Gasteiger partial charge in [-0.2, -0.15) is 0 Å². The molecule has 7 heteroatoms. The van der Waals surface area contributed by atoms with Gasteiger partial charge in [0.15, 0.2) is 11.6 Å². The number of hydrogen-bond donors (Lipinski definition) is 2. The van der Waals surface area contributed by atoms with Crippen LogP contribution in [0.2, 0.25) is 0 Å². The topological polar surface area (TPSA) is 73.6 Å². The Bertz CT molecular complexity index is 530. The zero-order chi connectivity index (χ0) is 16.9. The average Bonchev–Trinajstić information content (AvgIpc) is 2.38. The standard InChI is InChI=1S/C15H22F2N2O3/c1-15(2,3)22-14(20)19-8-10(18)5-9-6-11(16)12(17)7-13(9)21-4/h6-7,10H,5,8,18H2,1-4H3,(H,19,20). The van der Waals surface area contributed by atoms with Crippen LogP contribution in [0.1, 0.15) is 26.3 Å². The number of nitrogens with one attached hydrogen (secondary N) is 1. The summed E-state index contributed by atoms with van der Waals surface area (Å²) >= 11 is 0. The Morgan fingerprint density at radius 1 is 1.32 bits per heavy atom. The van der Waals surface area contributed by atoms with E-state index in [4.69, 9.17) is 15.2 Å². The molecule has 0 fully saturated rings. The number of halogens is 2. The Morgan fingerprint density at radius 3 is 2.45 bits per heavy atom. The number of alkyl carbamates (subject to hydrolysis) is 1. The van der Waals surface area contributed by atoms with Gasteiger partial charge in [0.2, 0.25) is 0 Å². The number of carbonyl (C=O) groups excluding carboxylic acids is 1. The van der Waals surface area contributed by atoms with Crippen LogP contribution in [0.15, 0.2) is 12.1 Å². The van der Waals surface area contributed by atoms with Crippen molar-refractivity contribution in [3.05, 3.63) is 29.3 Å². The molecule has 0 heterocycles. The fourth-order valence-corrected chi connectivity index (χ4v) is 1.80. The summed E-state index contributed by atoms with van der Waals surface area (Å²) in [5.41, 5.74) is 5.72. The van der Waals surface area contributed by atoms with Crippen LogP contribution >= 0.6 is 0 Å². The number of nitrogens with two attached hydrogens (primary N) is 1. The van der Waals surface area contributed by atoms with E-state index in [1.807, 2.05) is 0 Å². The number of carbonyl (C=O) groups is 1. The Hall–Kier alpha value is -1.89. The van der Waals surface area contributed by atoms with Crippen LogP contribution in [0, 0.1) is 11.6 Å². The van der Waals surface area contributed by atoms with E-state index in [2.05, 4.69) is 5.32 Å². The average molecular weight is 316 g/mol. The highest BCUT2D eigenvalue weighted by atomic mass is 19.2. The first-order valence-electron chi connectivity index (χ1n) is 6.86. The molecule has 1 atom stereocenters. The highest BCUT2D eigenvalue weighted by Crippen LogP contribution is 2.23. The molecule has 5 nitrogen and oxygen atoms in total. The molecular weight excluding hydrogens is 294 g/mol. The van der Waals surface area contributed by atoms with E-state index in [0.29, 0.717) is 5.56 Å². The van der Waals surface area contributed by atoms with E-state index in [0.717, 1.165) is 12.1 Å². The maximum atomic E-state index is 13.3. The number of hydrogen-bond acceptors (Lipinski definition) is 4. The molecule has 1 aromatic carbocycles. The quantitative estimate of drug-likeness (QED) is 0.874. The zero-order valence-corrected chi connectivity index (χ0v) is 13.2. The maximum absolute atomic E-state index is 13.3. The lowest BCUT2D eigenvalue weighted by Crippen LogP contribution is -2.41. The summed E-state index contributed by atoms with van der Waals surface area (Å²) < 4.78 is 36.5. The summed E-state index contributed by atoms with van der Waals surface area (Å²) in [5.74, 6) is -1.74. The van der Waals surface area contributed by atoms with Crippen molar-refractivity contribution in [2.24, 2.45) is 5.73 Å². The van der Waals surface area contributed by atoms with Crippen molar-refractivity contribution in [2.75, 3.05) is 13.7 Å². The molecule has 0 bridgehead atoms. The van der Waals surface area contributed by atoms with Gasteiger partial charge in [-0.05, 0) is 38.8 Å². The largest absolute Gasteiger partial charge is 0.496 e. The zero-order valence-electron chi connectivity index (χ0n) is 13.2. The summed E-state index contributed by atoms with van der Waals surface area (Å²) in [5, 5.41) is 2.53. The molecule has 0 saturated carbocycles. The monoisotopic (exact) mass is 316 g/mol. The van der Waals surface area contributed by atoms with Gasteiger partial charge < -0.3 is 20.5 Å². The minimum atomic E-state index is -0.985. The first-order valence-corrected chi connectivity index (χ1v) is 6.86. The summed E-state index contributed by atoms with van der Waals surface area (Å²) in [6, 6.07) is 1.52. The van der Waals surface area contributed by atoms with Crippen LogP contribution in [-0.4, -0.2) is 31.4 Å². The van der Waals surface area contributed by atoms with Crippen molar-refractivity contribution in [3.8, 4) is 5.75 Å². The van der Waals surface area contributed by atoms with Crippen LogP contribution in [0.5, 0.6) is 5.75 Å². The molecule has 0 saturated heterocycles. The maximum Gasteiger partial charge on any atom is 0.407 e. The molecule has 0 spiro atoms. The third kappa shape index (κ3) is 5.85. The molecule has 0 aliphatic carbocycles. The van der Waals surface area contributed by atoms with Gasteiger partial charge in [-0.3, -0.25) is 0 Å². The van der Waals surface area contributed by atoms with Gasteiger partial charge in [0.05, 0.1) is 7.11 Å². The second-order valence-corrected chi connectivity index (χ2v) is 5.93. The number of rotatable bonds is 5. The Balaban J connectivity index is 2.60. The fraction of sp³-hybridized carbons (Fsp3) is 0.533. The minimum absolute atomic E-state index is 0.136. The lowest BCUT2D eigenvalue weighted by atomic mass is 10.0. The van der Waals surface area contributed by atoms with E-state index in [1.165, 1.54) is 7.11 Å². The number of benzene rings is 1. The van der Waals surface area contributed by atoms with Crippen LogP contribution in [-0.2, 0) is 11.2 Å². The molecule has 1 rings (SSSR count). The van der Waals surface area contributed by atoms with E-state index in [9.17, 15) is 13.6 Å². The predicted octanol–water partition coefficient (Wildman–Crippen LogP) is 2.37. The van der Waals surface area contributed by atoms with E-state index in [-0.39, 0.29) is 18.7 Å². The highest BCUT2D eigenvalue weighted by Gasteiger charge is 2.18. The third-order valence-corrected chi connectivity index (χ3v) is 2.71. The van der Waals surface area contributed by atoms with Crippen molar-refractivity contribution in [1.82, 2.24) is 5.32 Å². The van der Waals surface area contributed by atoms with Gasteiger partial charge in [0.25, 0.3) is 0 Å². The van der Waals surface area contributed by atoms with Gasteiger partial charge in [-0.1, -0.05) is 0 Å². The highest BCUT2D eigenvalue weighted by molar-refractivity contribution is 5.67. The Kier molecular flexibility index (Phi) is 6.11. The molecule has 1 unspecified atom stereocenters. The van der Waals surface area contributed by atoms with Crippen LogP contribution in [0.3, 0.4) is 0 Å². The first-order chi connectivity index (χ1) is 10.1. The smallest absolute Gasteiger partial charge is 0.407 e. The Morgan fingerprint density at radius 2 is 1.91 bits per heavy atom. The second-order valence-electron chi connectivity index (χ2n) is 5.93. The molecule has 0 aromatic heterocycles. The van der Waals surface area contributed by atoms with Crippen molar-refractivity contribution in [3.63, 3.8) is 0 Å². The molecule has 22 heavy (non-hydrogen) atoms. The minimum Gasteiger partial charge on any atom is -0.496 e. The lowest BCUT2D eigenvalue weighted by molar-refractivity contribution is 0.0524. The summed E-state index contributed by atoms with van der Waals surface area (Å²) in [6.45, 7) is 5.38. The van der Waals surface area contributed by atoms with Gasteiger partial charge in [0, 0.05) is 18.7 Å². The van der Waals surface area contributed by atoms with Crippen LogP contribution in [0.4, 0.5) is 13.6 Å². The number of ether oxygens (including phenoxy) is 2. The molecule has 124 valence electrons. The Labute approximate surface area is 128 Å². The van der Waals surface area contributed by atoms with E-state index < -0.39 is 29.4 Å². The molecule has 1 amide bonds. The van der Waals surface area contributed by atoms with Gasteiger partial charge in [-0.15, -0.1) is 0 Å². The van der Waals surface area contributed by atoms with Gasteiger partial charge in [-0.25, -0.2) is 13.6 Å². The van der Waals surface area contributed by atoms with E-state index in [1.54, 1.807) is 20.8 Å². The molecule has 0 aliphatic heterocycles. The van der Waals surface area contributed by atoms with Crippen LogP contribution in [0.25, 0.3) is 0 Å². The molecular formula is C15H22F2N2O3. The van der Waals surface area contributed by atoms with Crippen molar-refractivity contribution in [2.45, 2.75) is 38.8 Å². The second kappa shape index (κ2) is 7.40. The summed E-state index contributed by atoms with van der Waals surface area (Å²) in [7, 11) is 1.36. The van der Waals surface area contributed by atoms with Crippen molar-refractivity contribution >= 4 is 6.09 Å². The van der Waals surface area contributed by atoms with Gasteiger partial charge >= 0.3 is 6.09 Å². The van der Waals surface area contributed by atoms with E-state index >= 15 is 0 Å². The lowest BCUT2D eigenvalue weighted by Gasteiger charge is -2.21. The third-order valence-electron chi connectivity index (χ3n) is 2.71. The van der Waals surface area contributed by atoms with Crippen molar-refractivity contribution < 1.29 is 23.0 Å². The summed E-state index contributed by atoms with van der Waals surface area (Å²) in [6.07, 6.45) is -0.365. The molecule has 1 aromatic rings. The molecule has 0 radical (unpaired) electrons.